The van der Waals surface area contributed by atoms with Crippen LogP contribution in [-0.2, 0) is 6.61 Å². The second kappa shape index (κ2) is 10.9. The van der Waals surface area contributed by atoms with Crippen LogP contribution in [0.15, 0.2) is 51.7 Å². The fraction of sp³-hybridized carbons (Fsp3) is 0.292. The lowest BCUT2D eigenvalue weighted by Crippen LogP contribution is -2.33. The number of rotatable bonds is 8. The van der Waals surface area contributed by atoms with Crippen LogP contribution in [0.2, 0.25) is 0 Å². The number of carbonyl (C=O) groups is 1. The molecular formula is C24H25BrF2N4O3. The zero-order valence-electron chi connectivity index (χ0n) is 19.3. The minimum Gasteiger partial charge on any atom is -0.472 e. The summed E-state index contributed by atoms with van der Waals surface area (Å²) in [6.45, 7) is 2.67. The number of halogens is 3. The van der Waals surface area contributed by atoms with Gasteiger partial charge in [0.25, 0.3) is 11.5 Å². The predicted octanol–water partition coefficient (Wildman–Crippen LogP) is 3.79. The molecule has 0 saturated carbocycles. The van der Waals surface area contributed by atoms with E-state index >= 15 is 0 Å². The number of benzene rings is 2. The first-order chi connectivity index (χ1) is 16.1. The van der Waals surface area contributed by atoms with Crippen molar-refractivity contribution in [2.45, 2.75) is 13.5 Å². The lowest BCUT2D eigenvalue weighted by Gasteiger charge is -2.20. The van der Waals surface area contributed by atoms with Crippen molar-refractivity contribution in [3.05, 3.63) is 85.9 Å². The second-order valence-electron chi connectivity index (χ2n) is 8.02. The van der Waals surface area contributed by atoms with Crippen LogP contribution in [0.3, 0.4) is 0 Å². The first-order valence-electron chi connectivity index (χ1n) is 10.4. The quantitative estimate of drug-likeness (QED) is 0.439. The minimum absolute atomic E-state index is 0.0156. The van der Waals surface area contributed by atoms with Gasteiger partial charge in [0.05, 0.1) is 5.69 Å². The van der Waals surface area contributed by atoms with Crippen LogP contribution in [0.25, 0.3) is 5.69 Å². The highest BCUT2D eigenvalue weighted by Gasteiger charge is 2.18. The average molecular weight is 535 g/mol. The van der Waals surface area contributed by atoms with Crippen LogP contribution in [0, 0.1) is 18.6 Å². The Hall–Kier alpha value is -3.11. The van der Waals surface area contributed by atoms with Crippen LogP contribution in [0.4, 0.5) is 8.78 Å². The second-order valence-corrected chi connectivity index (χ2v) is 8.82. The Balaban J connectivity index is 1.87. The van der Waals surface area contributed by atoms with Gasteiger partial charge in [-0.25, -0.2) is 8.78 Å². The maximum Gasteiger partial charge on any atom is 0.276 e. The fourth-order valence-electron chi connectivity index (χ4n) is 3.22. The van der Waals surface area contributed by atoms with Gasteiger partial charge in [-0.3, -0.25) is 14.2 Å². The molecule has 34 heavy (non-hydrogen) atoms. The number of hydrogen-bond donors (Lipinski definition) is 0. The van der Waals surface area contributed by atoms with E-state index in [1.165, 1.54) is 10.6 Å². The van der Waals surface area contributed by atoms with Gasteiger partial charge >= 0.3 is 0 Å². The molecule has 0 aliphatic rings. The number of amides is 1. The molecule has 0 aliphatic carbocycles. The molecule has 0 N–H and O–H groups in total. The molecule has 0 saturated heterocycles. The Bertz CT molecular complexity index is 1260. The summed E-state index contributed by atoms with van der Waals surface area (Å²) in [5.74, 6) is -1.31. The molecule has 2 aromatic carbocycles. The first-order valence-corrected chi connectivity index (χ1v) is 11.2. The lowest BCUT2D eigenvalue weighted by atomic mass is 10.1. The summed E-state index contributed by atoms with van der Waals surface area (Å²) in [4.78, 5) is 33.9. The highest BCUT2D eigenvalue weighted by molar-refractivity contribution is 9.10. The molecule has 3 aromatic rings. The van der Waals surface area contributed by atoms with Crippen molar-refractivity contribution >= 4 is 21.8 Å². The van der Waals surface area contributed by atoms with E-state index in [2.05, 4.69) is 20.9 Å². The maximum atomic E-state index is 13.9. The van der Waals surface area contributed by atoms with Gasteiger partial charge < -0.3 is 14.5 Å². The van der Waals surface area contributed by atoms with E-state index in [1.807, 2.05) is 19.0 Å². The monoisotopic (exact) mass is 534 g/mol. The van der Waals surface area contributed by atoms with E-state index in [9.17, 15) is 18.4 Å². The lowest BCUT2D eigenvalue weighted by molar-refractivity contribution is 0.0786. The number of aryl methyl sites for hydroxylation is 1. The van der Waals surface area contributed by atoms with Crippen molar-refractivity contribution in [2.75, 3.05) is 34.2 Å². The molecule has 0 spiro atoms. The van der Waals surface area contributed by atoms with E-state index in [1.54, 1.807) is 43.1 Å². The summed E-state index contributed by atoms with van der Waals surface area (Å²) in [6.07, 6.45) is 0. The van der Waals surface area contributed by atoms with Crippen LogP contribution in [0.5, 0.6) is 5.88 Å². The topological polar surface area (TPSA) is 67.7 Å². The van der Waals surface area contributed by atoms with Gasteiger partial charge in [0.2, 0.25) is 5.88 Å². The molecule has 1 aromatic heterocycles. The van der Waals surface area contributed by atoms with E-state index in [0.717, 1.165) is 18.7 Å². The largest absolute Gasteiger partial charge is 0.472 e. The highest BCUT2D eigenvalue weighted by Crippen LogP contribution is 2.23. The molecule has 0 fully saturated rings. The Morgan fingerprint density at radius 1 is 1.12 bits per heavy atom. The van der Waals surface area contributed by atoms with Crippen molar-refractivity contribution in [1.82, 2.24) is 19.4 Å². The Kier molecular flexibility index (Phi) is 8.16. The predicted molar refractivity (Wildman–Crippen MR) is 128 cm³/mol. The molecule has 1 amide bonds. The van der Waals surface area contributed by atoms with Gasteiger partial charge in [0, 0.05) is 37.3 Å². The first kappa shape index (κ1) is 25.5. The molecule has 10 heteroatoms. The van der Waals surface area contributed by atoms with Crippen molar-refractivity contribution in [1.29, 1.82) is 0 Å². The standard InChI is InChI=1S/C24H25BrF2N4O3/c1-15-28-22(34-14-17-8-9-18(26)13-20(17)27)21(25)24(33)31(15)19-7-5-6-16(12-19)23(32)30(4)11-10-29(2)3/h5-9,12-13H,10-11,14H2,1-4H3. The van der Waals surface area contributed by atoms with Gasteiger partial charge in [0.15, 0.2) is 0 Å². The third kappa shape index (κ3) is 5.87. The molecule has 3 rings (SSSR count). The van der Waals surface area contributed by atoms with Gasteiger partial charge in [-0.1, -0.05) is 6.07 Å². The number of carbonyl (C=O) groups excluding carboxylic acids is 1. The molecule has 0 radical (unpaired) electrons. The molecule has 0 aliphatic heterocycles. The molecule has 180 valence electrons. The van der Waals surface area contributed by atoms with Crippen molar-refractivity contribution in [3.8, 4) is 11.6 Å². The molecular weight excluding hydrogens is 510 g/mol. The maximum absolute atomic E-state index is 13.9. The molecule has 1 heterocycles. The Labute approximate surface area is 204 Å². The Morgan fingerprint density at radius 3 is 2.53 bits per heavy atom. The van der Waals surface area contributed by atoms with E-state index in [-0.39, 0.29) is 28.4 Å². The number of nitrogens with zero attached hydrogens (tertiary/aromatic N) is 4. The normalized spacial score (nSPS) is 11.1. The Morgan fingerprint density at radius 2 is 1.85 bits per heavy atom. The number of ether oxygens (including phenoxy) is 1. The molecule has 0 unspecified atom stereocenters. The number of likely N-dealkylation sites (N-methyl/N-ethyl adjacent to an activating group) is 2. The van der Waals surface area contributed by atoms with Gasteiger partial charge in [-0.2, -0.15) is 4.98 Å². The molecule has 0 bridgehead atoms. The smallest absolute Gasteiger partial charge is 0.276 e. The number of aromatic nitrogens is 2. The summed E-state index contributed by atoms with van der Waals surface area (Å²) in [5.41, 5.74) is 0.584. The fourth-order valence-corrected chi connectivity index (χ4v) is 3.60. The SMILES string of the molecule is Cc1nc(OCc2ccc(F)cc2F)c(Br)c(=O)n1-c1cccc(C(=O)N(C)CCN(C)C)c1. The average Bonchev–Trinajstić information content (AvgIpc) is 2.79. The molecule has 7 nitrogen and oxygen atoms in total. The highest BCUT2D eigenvalue weighted by atomic mass is 79.9. The summed E-state index contributed by atoms with van der Waals surface area (Å²) >= 11 is 3.22. The number of hydrogen-bond acceptors (Lipinski definition) is 5. The summed E-state index contributed by atoms with van der Waals surface area (Å²) in [7, 11) is 5.59. The van der Waals surface area contributed by atoms with Crippen molar-refractivity contribution < 1.29 is 18.3 Å². The van der Waals surface area contributed by atoms with E-state index in [4.69, 9.17) is 4.74 Å². The van der Waals surface area contributed by atoms with Crippen LogP contribution in [0.1, 0.15) is 21.7 Å². The minimum atomic E-state index is -0.752. The van der Waals surface area contributed by atoms with Crippen LogP contribution in [-0.4, -0.2) is 59.5 Å². The van der Waals surface area contributed by atoms with Gasteiger partial charge in [-0.15, -0.1) is 0 Å². The summed E-state index contributed by atoms with van der Waals surface area (Å²) < 4.78 is 33.9. The molecule has 0 atom stereocenters. The summed E-state index contributed by atoms with van der Waals surface area (Å²) in [6, 6.07) is 9.87. The van der Waals surface area contributed by atoms with E-state index in [0.29, 0.717) is 23.6 Å². The summed E-state index contributed by atoms with van der Waals surface area (Å²) in [5, 5.41) is 0. The van der Waals surface area contributed by atoms with Crippen LogP contribution >= 0.6 is 15.9 Å². The third-order valence-electron chi connectivity index (χ3n) is 5.13. The zero-order valence-corrected chi connectivity index (χ0v) is 20.9. The van der Waals surface area contributed by atoms with Crippen LogP contribution < -0.4 is 10.3 Å². The van der Waals surface area contributed by atoms with E-state index < -0.39 is 17.2 Å². The zero-order chi connectivity index (χ0) is 25.0. The van der Waals surface area contributed by atoms with Crippen molar-refractivity contribution in [2.24, 2.45) is 0 Å². The van der Waals surface area contributed by atoms with Crippen molar-refractivity contribution in [3.63, 3.8) is 0 Å². The van der Waals surface area contributed by atoms with Gasteiger partial charge in [-0.05, 0) is 67.3 Å². The third-order valence-corrected chi connectivity index (χ3v) is 5.80. The van der Waals surface area contributed by atoms with Gasteiger partial charge in [0.1, 0.15) is 28.5 Å².